The summed E-state index contributed by atoms with van der Waals surface area (Å²) < 4.78 is 21.3. The van der Waals surface area contributed by atoms with E-state index in [4.69, 9.17) is 0 Å². The quantitative estimate of drug-likeness (QED) is 0.480. The molecule has 148 valence electrons. The van der Waals surface area contributed by atoms with Crippen LogP contribution in [-0.4, -0.2) is 48.7 Å². The molecule has 0 atom stereocenters. The average molecular weight is 390 g/mol. The molecule has 0 spiro atoms. The number of nitrogens with one attached hydrogen (secondary N) is 1. The van der Waals surface area contributed by atoms with Crippen LogP contribution in [0.4, 0.5) is 15.8 Å². The van der Waals surface area contributed by atoms with Crippen LogP contribution in [0.3, 0.4) is 0 Å². The molecule has 1 aliphatic heterocycles. The molecule has 1 aliphatic carbocycles. The second kappa shape index (κ2) is 6.86. The Labute approximate surface area is 158 Å². The maximum absolute atomic E-state index is 15.0. The topological polar surface area (TPSA) is 107 Å². The molecule has 0 amide bonds. The predicted molar refractivity (Wildman–Crippen MR) is 99.5 cm³/mol. The third-order valence-corrected chi connectivity index (χ3v) is 5.18. The van der Waals surface area contributed by atoms with Crippen LogP contribution in [0.5, 0.6) is 0 Å². The molecule has 1 saturated heterocycles. The summed E-state index contributed by atoms with van der Waals surface area (Å²) in [5.41, 5.74) is -1.52. The van der Waals surface area contributed by atoms with Gasteiger partial charge in [-0.1, -0.05) is 0 Å². The van der Waals surface area contributed by atoms with Crippen molar-refractivity contribution in [1.29, 1.82) is 0 Å². The lowest BCUT2D eigenvalue weighted by Gasteiger charge is -2.29. The van der Waals surface area contributed by atoms with Crippen molar-refractivity contribution in [3.05, 3.63) is 44.0 Å². The molecule has 1 aromatic heterocycles. The van der Waals surface area contributed by atoms with Gasteiger partial charge in [-0.2, -0.15) is 0 Å². The summed E-state index contributed by atoms with van der Waals surface area (Å²) in [7, 11) is 1.14. The summed E-state index contributed by atoms with van der Waals surface area (Å²) in [6, 6.07) is 0.930. The highest BCUT2D eigenvalue weighted by Gasteiger charge is 2.35. The van der Waals surface area contributed by atoms with Crippen molar-refractivity contribution < 1.29 is 18.8 Å². The van der Waals surface area contributed by atoms with Crippen molar-refractivity contribution in [2.24, 2.45) is 0 Å². The molecule has 0 bridgehead atoms. The molecule has 28 heavy (non-hydrogen) atoms. The smallest absolute Gasteiger partial charge is 0.343 e. The number of carbonyl (C=O) groups is 1. The zero-order valence-electron chi connectivity index (χ0n) is 15.2. The first kappa shape index (κ1) is 18.4. The van der Waals surface area contributed by atoms with Crippen LogP contribution in [0.2, 0.25) is 0 Å². The van der Waals surface area contributed by atoms with Gasteiger partial charge in [-0.15, -0.1) is 0 Å². The summed E-state index contributed by atoms with van der Waals surface area (Å²) in [4.78, 5) is 37.8. The van der Waals surface area contributed by atoms with Gasteiger partial charge in [0.2, 0.25) is 5.43 Å². The minimum atomic E-state index is -0.851. The summed E-state index contributed by atoms with van der Waals surface area (Å²) in [5.74, 6) is -1.70. The van der Waals surface area contributed by atoms with Gasteiger partial charge < -0.3 is 19.5 Å². The Hall–Kier alpha value is -3.01. The maximum atomic E-state index is 15.0. The Morgan fingerprint density at radius 2 is 2.04 bits per heavy atom. The number of esters is 1. The van der Waals surface area contributed by atoms with E-state index >= 15 is 4.39 Å². The van der Waals surface area contributed by atoms with Gasteiger partial charge in [0, 0.05) is 38.4 Å². The van der Waals surface area contributed by atoms with Crippen molar-refractivity contribution in [3.63, 3.8) is 0 Å². The van der Waals surface area contributed by atoms with Gasteiger partial charge in [-0.05, 0) is 18.9 Å². The molecule has 2 aliphatic rings. The lowest BCUT2D eigenvalue weighted by atomic mass is 10.1. The third kappa shape index (κ3) is 2.89. The molecule has 1 saturated carbocycles. The summed E-state index contributed by atoms with van der Waals surface area (Å²) in [6.45, 7) is 1.98. The van der Waals surface area contributed by atoms with E-state index in [9.17, 15) is 19.7 Å². The van der Waals surface area contributed by atoms with Gasteiger partial charge in [-0.3, -0.25) is 14.9 Å². The van der Waals surface area contributed by atoms with Crippen molar-refractivity contribution >= 4 is 28.2 Å². The molecule has 1 aromatic carbocycles. The Balaban J connectivity index is 2.09. The molecule has 10 heteroatoms. The van der Waals surface area contributed by atoms with E-state index in [0.29, 0.717) is 26.2 Å². The molecule has 2 fully saturated rings. The molecule has 4 rings (SSSR count). The van der Waals surface area contributed by atoms with Crippen molar-refractivity contribution in [3.8, 4) is 0 Å². The van der Waals surface area contributed by atoms with Crippen LogP contribution >= 0.6 is 0 Å². The molecular formula is C18H19FN4O5. The number of piperazine rings is 1. The van der Waals surface area contributed by atoms with Crippen LogP contribution in [0.1, 0.15) is 29.2 Å². The maximum Gasteiger partial charge on any atom is 0.343 e. The second-order valence-corrected chi connectivity index (χ2v) is 6.95. The molecule has 2 heterocycles. The number of hydrogen-bond acceptors (Lipinski definition) is 7. The number of carbonyl (C=O) groups excluding carboxylic acids is 1. The molecule has 9 nitrogen and oxygen atoms in total. The van der Waals surface area contributed by atoms with E-state index in [1.165, 1.54) is 6.20 Å². The van der Waals surface area contributed by atoms with Crippen LogP contribution < -0.4 is 15.6 Å². The minimum Gasteiger partial charge on any atom is -0.465 e. The number of nitro groups is 1. The Kier molecular flexibility index (Phi) is 4.50. The number of halogens is 1. The standard InChI is InChI=1S/C18H19FN4O5/c1-28-18(25)12-9-22(10-2-3-10)14-11(17(12)24)8-13(19)15(16(14)23(26)27)21-6-4-20-5-7-21/h8-10,20H,2-7H2,1H3. The van der Waals surface area contributed by atoms with E-state index in [0.717, 1.165) is 26.0 Å². The SMILES string of the molecule is COC(=O)c1cn(C2CC2)c2c([N+](=O)[O-])c(N3CCNCC3)c(F)cc2c1=O. The van der Waals surface area contributed by atoms with Gasteiger partial charge in [0.1, 0.15) is 11.1 Å². The Morgan fingerprint density at radius 1 is 1.36 bits per heavy atom. The average Bonchev–Trinajstić information content (AvgIpc) is 3.53. The third-order valence-electron chi connectivity index (χ3n) is 5.18. The van der Waals surface area contributed by atoms with Crippen molar-refractivity contribution in [1.82, 2.24) is 9.88 Å². The summed E-state index contributed by atoms with van der Waals surface area (Å²) in [5, 5.41) is 14.9. The first-order valence-electron chi connectivity index (χ1n) is 9.03. The lowest BCUT2D eigenvalue weighted by molar-refractivity contribution is -0.382. The largest absolute Gasteiger partial charge is 0.465 e. The Morgan fingerprint density at radius 3 is 2.61 bits per heavy atom. The van der Waals surface area contributed by atoms with E-state index in [2.05, 4.69) is 10.1 Å². The number of rotatable bonds is 4. The van der Waals surface area contributed by atoms with E-state index < -0.39 is 27.8 Å². The molecular weight excluding hydrogens is 371 g/mol. The fraction of sp³-hybridized carbons (Fsp3) is 0.444. The number of anilines is 1. The number of fused-ring (bicyclic) bond motifs is 1. The number of hydrogen-bond donors (Lipinski definition) is 1. The van der Waals surface area contributed by atoms with Crippen LogP contribution in [-0.2, 0) is 4.74 Å². The fourth-order valence-corrected chi connectivity index (χ4v) is 3.72. The lowest BCUT2D eigenvalue weighted by Crippen LogP contribution is -2.44. The molecule has 1 N–H and O–H groups in total. The first-order valence-corrected chi connectivity index (χ1v) is 9.03. The van der Waals surface area contributed by atoms with Gasteiger partial charge in [0.25, 0.3) is 0 Å². The van der Waals surface area contributed by atoms with Crippen LogP contribution in [0, 0.1) is 15.9 Å². The first-order chi connectivity index (χ1) is 13.4. The minimum absolute atomic E-state index is 0.0556. The van der Waals surface area contributed by atoms with Crippen molar-refractivity contribution in [2.75, 3.05) is 38.2 Å². The van der Waals surface area contributed by atoms with Gasteiger partial charge in [-0.25, -0.2) is 9.18 Å². The number of nitro benzene ring substituents is 1. The predicted octanol–water partition coefficient (Wildman–Crippen LogP) is 1.58. The zero-order chi connectivity index (χ0) is 20.0. The molecule has 2 aromatic rings. The number of ether oxygens (including phenoxy) is 1. The highest BCUT2D eigenvalue weighted by atomic mass is 19.1. The summed E-state index contributed by atoms with van der Waals surface area (Å²) in [6.07, 6.45) is 2.83. The normalized spacial score (nSPS) is 17.0. The monoisotopic (exact) mass is 390 g/mol. The fourth-order valence-electron chi connectivity index (χ4n) is 3.72. The number of nitrogens with zero attached hydrogens (tertiary/aromatic N) is 3. The van der Waals surface area contributed by atoms with E-state index in [-0.39, 0.29) is 28.2 Å². The highest BCUT2D eigenvalue weighted by molar-refractivity contribution is 5.99. The second-order valence-electron chi connectivity index (χ2n) is 6.95. The number of methoxy groups -OCH3 is 1. The number of benzene rings is 1. The summed E-state index contributed by atoms with van der Waals surface area (Å²) >= 11 is 0. The van der Waals surface area contributed by atoms with E-state index in [1.54, 1.807) is 9.47 Å². The van der Waals surface area contributed by atoms with Crippen LogP contribution in [0.15, 0.2) is 17.1 Å². The number of aromatic nitrogens is 1. The van der Waals surface area contributed by atoms with Crippen LogP contribution in [0.25, 0.3) is 10.9 Å². The molecule has 0 radical (unpaired) electrons. The Bertz CT molecular complexity index is 1040. The van der Waals surface area contributed by atoms with E-state index in [1.807, 2.05) is 0 Å². The molecule has 0 unspecified atom stereocenters. The van der Waals surface area contributed by atoms with Gasteiger partial charge >= 0.3 is 11.7 Å². The zero-order valence-corrected chi connectivity index (χ0v) is 15.2. The van der Waals surface area contributed by atoms with Gasteiger partial charge in [0.15, 0.2) is 11.5 Å². The highest BCUT2D eigenvalue weighted by Crippen LogP contribution is 2.43. The van der Waals surface area contributed by atoms with Crippen molar-refractivity contribution in [2.45, 2.75) is 18.9 Å². The van der Waals surface area contributed by atoms with Gasteiger partial charge in [0.05, 0.1) is 17.4 Å². The number of pyridine rings is 1.